The average molecular weight is 342 g/mol. The van der Waals surface area contributed by atoms with Crippen molar-refractivity contribution in [2.75, 3.05) is 37.6 Å². The highest BCUT2D eigenvalue weighted by Crippen LogP contribution is 2.24. The van der Waals surface area contributed by atoms with Crippen LogP contribution in [0.3, 0.4) is 0 Å². The fourth-order valence-electron chi connectivity index (χ4n) is 3.16. The summed E-state index contributed by atoms with van der Waals surface area (Å²) >= 11 is 0. The van der Waals surface area contributed by atoms with Crippen molar-refractivity contribution in [3.63, 3.8) is 0 Å². The van der Waals surface area contributed by atoms with Crippen molar-refractivity contribution in [1.29, 1.82) is 0 Å². The summed E-state index contributed by atoms with van der Waals surface area (Å²) in [5.74, 6) is 0.415. The van der Waals surface area contributed by atoms with E-state index < -0.39 is 0 Å². The Morgan fingerprint density at radius 3 is 2.72 bits per heavy atom. The molecule has 3 rings (SSSR count). The topological polar surface area (TPSA) is 61.6 Å². The second-order valence-electron chi connectivity index (χ2n) is 6.47. The summed E-state index contributed by atoms with van der Waals surface area (Å²) in [7, 11) is 0. The molecule has 1 aromatic carbocycles. The van der Waals surface area contributed by atoms with Crippen molar-refractivity contribution in [1.82, 2.24) is 15.2 Å². The van der Waals surface area contributed by atoms with Crippen LogP contribution in [0, 0.1) is 13.8 Å². The van der Waals surface area contributed by atoms with Crippen molar-refractivity contribution in [2.45, 2.75) is 27.3 Å². The molecule has 1 N–H and O–H groups in total. The van der Waals surface area contributed by atoms with E-state index in [0.717, 1.165) is 26.2 Å². The van der Waals surface area contributed by atoms with E-state index in [0.29, 0.717) is 24.7 Å². The predicted molar refractivity (Wildman–Crippen MR) is 97.9 cm³/mol. The fourth-order valence-corrected chi connectivity index (χ4v) is 3.16. The lowest BCUT2D eigenvalue weighted by Crippen LogP contribution is -2.46. The largest absolute Gasteiger partial charge is 0.447 e. The van der Waals surface area contributed by atoms with Gasteiger partial charge in [0.15, 0.2) is 5.69 Å². The lowest BCUT2D eigenvalue weighted by Gasteiger charge is -2.36. The Balaban J connectivity index is 1.56. The van der Waals surface area contributed by atoms with E-state index in [4.69, 9.17) is 4.42 Å². The van der Waals surface area contributed by atoms with Gasteiger partial charge in [-0.2, -0.15) is 0 Å². The molecule has 1 saturated heterocycles. The van der Waals surface area contributed by atoms with Gasteiger partial charge in [0.25, 0.3) is 5.91 Å². The van der Waals surface area contributed by atoms with E-state index in [2.05, 4.69) is 52.1 Å². The van der Waals surface area contributed by atoms with E-state index in [-0.39, 0.29) is 5.91 Å². The maximum Gasteiger partial charge on any atom is 0.273 e. The van der Waals surface area contributed by atoms with Crippen LogP contribution in [0.25, 0.3) is 0 Å². The Kier molecular flexibility index (Phi) is 5.38. The predicted octanol–water partition coefficient (Wildman–Crippen LogP) is 2.36. The highest BCUT2D eigenvalue weighted by Gasteiger charge is 2.21. The quantitative estimate of drug-likeness (QED) is 0.904. The summed E-state index contributed by atoms with van der Waals surface area (Å²) in [6, 6.07) is 6.48. The fraction of sp³-hybridized carbons (Fsp3) is 0.474. The van der Waals surface area contributed by atoms with E-state index in [1.807, 2.05) is 6.92 Å². The zero-order valence-corrected chi connectivity index (χ0v) is 15.2. The second kappa shape index (κ2) is 7.70. The molecule has 1 fully saturated rings. The Hall–Kier alpha value is -2.34. The summed E-state index contributed by atoms with van der Waals surface area (Å²) < 4.78 is 5.45. The number of hydrogen-bond acceptors (Lipinski definition) is 5. The number of amides is 1. The first-order valence-corrected chi connectivity index (χ1v) is 8.84. The lowest BCUT2D eigenvalue weighted by atomic mass is 10.1. The number of piperazine rings is 1. The number of rotatable bonds is 5. The summed E-state index contributed by atoms with van der Waals surface area (Å²) in [4.78, 5) is 20.8. The molecule has 0 unspecified atom stereocenters. The molecule has 134 valence electrons. The Labute approximate surface area is 148 Å². The number of carbonyl (C=O) groups excluding carboxylic acids is 1. The van der Waals surface area contributed by atoms with Crippen molar-refractivity contribution < 1.29 is 9.21 Å². The van der Waals surface area contributed by atoms with Gasteiger partial charge in [-0.3, -0.25) is 9.69 Å². The molecular formula is C19H26N4O2. The van der Waals surface area contributed by atoms with Gasteiger partial charge in [-0.05, 0) is 38.0 Å². The third-order valence-electron chi connectivity index (χ3n) is 4.77. The number of carbonyl (C=O) groups is 1. The minimum absolute atomic E-state index is 0.183. The number of aryl methyl sites for hydroxylation is 1. The molecule has 2 heterocycles. The maximum atomic E-state index is 11.8. The normalized spacial score (nSPS) is 15.4. The molecule has 1 aliphatic rings. The second-order valence-corrected chi connectivity index (χ2v) is 6.47. The van der Waals surface area contributed by atoms with Crippen molar-refractivity contribution in [3.05, 3.63) is 47.2 Å². The van der Waals surface area contributed by atoms with Gasteiger partial charge >= 0.3 is 0 Å². The molecule has 6 nitrogen and oxygen atoms in total. The standard InChI is InChI=1S/C19H26N4O2/c1-4-20-19(24)16-13-25-18(21-16)12-22-8-10-23(11-9-22)17-7-5-6-14(2)15(17)3/h5-7,13H,4,8-12H2,1-3H3,(H,20,24). The minimum atomic E-state index is -0.183. The number of nitrogens with zero attached hydrogens (tertiary/aromatic N) is 3. The zero-order valence-electron chi connectivity index (χ0n) is 15.2. The molecule has 0 saturated carbocycles. The van der Waals surface area contributed by atoms with E-state index in [1.54, 1.807) is 0 Å². The van der Waals surface area contributed by atoms with Gasteiger partial charge in [-0.1, -0.05) is 12.1 Å². The summed E-state index contributed by atoms with van der Waals surface area (Å²) in [6.45, 7) is 11.3. The summed E-state index contributed by atoms with van der Waals surface area (Å²) in [5.41, 5.74) is 4.37. The molecule has 0 bridgehead atoms. The molecular weight excluding hydrogens is 316 g/mol. The van der Waals surface area contributed by atoms with Crippen LogP contribution in [0.1, 0.15) is 34.4 Å². The number of nitrogens with one attached hydrogen (secondary N) is 1. The van der Waals surface area contributed by atoms with Crippen LogP contribution in [0.4, 0.5) is 5.69 Å². The van der Waals surface area contributed by atoms with Crippen molar-refractivity contribution in [2.24, 2.45) is 0 Å². The molecule has 6 heteroatoms. The van der Waals surface area contributed by atoms with Crippen LogP contribution >= 0.6 is 0 Å². The molecule has 2 aromatic rings. The Morgan fingerprint density at radius 1 is 1.24 bits per heavy atom. The SMILES string of the molecule is CCNC(=O)c1coc(CN2CCN(c3cccc(C)c3C)CC2)n1. The number of aromatic nitrogens is 1. The first-order valence-electron chi connectivity index (χ1n) is 8.84. The van der Waals surface area contributed by atoms with Crippen LogP contribution in [-0.2, 0) is 6.54 Å². The van der Waals surface area contributed by atoms with Crippen LogP contribution in [0.2, 0.25) is 0 Å². The van der Waals surface area contributed by atoms with Crippen molar-refractivity contribution >= 4 is 11.6 Å². The molecule has 0 aliphatic carbocycles. The van der Waals surface area contributed by atoms with Crippen LogP contribution in [-0.4, -0.2) is 48.5 Å². The molecule has 0 atom stereocenters. The third kappa shape index (κ3) is 4.02. The van der Waals surface area contributed by atoms with Gasteiger partial charge in [0, 0.05) is 38.4 Å². The molecule has 0 radical (unpaired) electrons. The number of benzene rings is 1. The monoisotopic (exact) mass is 342 g/mol. The maximum absolute atomic E-state index is 11.8. The van der Waals surface area contributed by atoms with Gasteiger partial charge in [0.1, 0.15) is 6.26 Å². The average Bonchev–Trinajstić information content (AvgIpc) is 3.07. The van der Waals surface area contributed by atoms with Gasteiger partial charge < -0.3 is 14.6 Å². The smallest absolute Gasteiger partial charge is 0.273 e. The van der Waals surface area contributed by atoms with Gasteiger partial charge in [0.2, 0.25) is 5.89 Å². The van der Waals surface area contributed by atoms with E-state index in [9.17, 15) is 4.79 Å². The molecule has 1 amide bonds. The molecule has 25 heavy (non-hydrogen) atoms. The highest BCUT2D eigenvalue weighted by molar-refractivity contribution is 5.91. The lowest BCUT2D eigenvalue weighted by molar-refractivity contribution is 0.0950. The number of oxazole rings is 1. The minimum Gasteiger partial charge on any atom is -0.447 e. The van der Waals surface area contributed by atoms with E-state index >= 15 is 0 Å². The summed E-state index contributed by atoms with van der Waals surface area (Å²) in [6.07, 6.45) is 1.44. The molecule has 1 aromatic heterocycles. The number of hydrogen-bond donors (Lipinski definition) is 1. The first kappa shape index (κ1) is 17.5. The van der Waals surface area contributed by atoms with Crippen molar-refractivity contribution in [3.8, 4) is 0 Å². The first-order chi connectivity index (χ1) is 12.1. The molecule has 0 spiro atoms. The zero-order chi connectivity index (χ0) is 17.8. The highest BCUT2D eigenvalue weighted by atomic mass is 16.3. The Morgan fingerprint density at radius 2 is 2.00 bits per heavy atom. The van der Waals surface area contributed by atoms with Gasteiger partial charge in [-0.15, -0.1) is 0 Å². The van der Waals surface area contributed by atoms with Gasteiger partial charge in [0.05, 0.1) is 6.54 Å². The Bertz CT molecular complexity index is 733. The molecule has 1 aliphatic heterocycles. The summed E-state index contributed by atoms with van der Waals surface area (Å²) in [5, 5.41) is 2.73. The van der Waals surface area contributed by atoms with E-state index in [1.165, 1.54) is 23.1 Å². The third-order valence-corrected chi connectivity index (χ3v) is 4.77. The van der Waals surface area contributed by atoms with Crippen LogP contribution in [0.15, 0.2) is 28.9 Å². The number of anilines is 1. The van der Waals surface area contributed by atoms with Gasteiger partial charge in [-0.25, -0.2) is 4.98 Å². The van der Waals surface area contributed by atoms with Crippen LogP contribution < -0.4 is 10.2 Å². The van der Waals surface area contributed by atoms with Crippen LogP contribution in [0.5, 0.6) is 0 Å².